The summed E-state index contributed by atoms with van der Waals surface area (Å²) >= 11 is 0. The number of methoxy groups -OCH3 is 2. The van der Waals surface area contributed by atoms with Gasteiger partial charge in [-0.25, -0.2) is 0 Å². The molecule has 1 N–H and O–H groups in total. The summed E-state index contributed by atoms with van der Waals surface area (Å²) in [5, 5.41) is 2.86. The Labute approximate surface area is 158 Å². The van der Waals surface area contributed by atoms with Crippen molar-refractivity contribution in [2.24, 2.45) is 0 Å². The summed E-state index contributed by atoms with van der Waals surface area (Å²) in [6, 6.07) is 16.9. The van der Waals surface area contributed by atoms with Gasteiger partial charge in [0.25, 0.3) is 5.91 Å². The minimum Gasteiger partial charge on any atom is -0.497 e. The maximum absolute atomic E-state index is 12.7. The average molecular weight is 363 g/mol. The molecule has 0 unspecified atom stereocenters. The van der Waals surface area contributed by atoms with Gasteiger partial charge in [-0.3, -0.25) is 9.78 Å². The number of para-hydroxylation sites is 1. The van der Waals surface area contributed by atoms with Crippen LogP contribution in [0, 0.1) is 0 Å². The zero-order valence-electron chi connectivity index (χ0n) is 15.5. The molecule has 0 radical (unpaired) electrons. The summed E-state index contributed by atoms with van der Waals surface area (Å²) in [5.74, 6) is 0.897. The number of carbonyl (C=O) groups is 1. The highest BCUT2D eigenvalue weighted by Crippen LogP contribution is 2.29. The van der Waals surface area contributed by atoms with Crippen LogP contribution in [0.4, 0.5) is 17.1 Å². The first-order valence-electron chi connectivity index (χ1n) is 8.39. The summed E-state index contributed by atoms with van der Waals surface area (Å²) in [6.07, 6.45) is 3.25. The van der Waals surface area contributed by atoms with Crippen LogP contribution in [0.2, 0.25) is 0 Å². The number of hydrogen-bond acceptors (Lipinski definition) is 5. The molecule has 0 aliphatic carbocycles. The molecule has 3 aromatic rings. The molecule has 2 aromatic carbocycles. The van der Waals surface area contributed by atoms with Crippen LogP contribution in [-0.4, -0.2) is 32.2 Å². The fourth-order valence-corrected chi connectivity index (χ4v) is 2.64. The van der Waals surface area contributed by atoms with Gasteiger partial charge in [0.05, 0.1) is 37.4 Å². The Balaban J connectivity index is 1.84. The van der Waals surface area contributed by atoms with Crippen molar-refractivity contribution in [2.75, 3.05) is 31.5 Å². The molecule has 3 rings (SSSR count). The maximum atomic E-state index is 12.7. The monoisotopic (exact) mass is 363 g/mol. The second-order valence-electron chi connectivity index (χ2n) is 5.85. The zero-order valence-corrected chi connectivity index (χ0v) is 15.5. The van der Waals surface area contributed by atoms with Crippen molar-refractivity contribution in [2.45, 2.75) is 0 Å². The zero-order chi connectivity index (χ0) is 19.2. The molecule has 1 amide bonds. The predicted molar refractivity (Wildman–Crippen MR) is 106 cm³/mol. The van der Waals surface area contributed by atoms with Crippen molar-refractivity contribution in [1.29, 1.82) is 0 Å². The molecule has 6 nitrogen and oxygen atoms in total. The van der Waals surface area contributed by atoms with Gasteiger partial charge in [0, 0.05) is 25.0 Å². The van der Waals surface area contributed by atoms with Gasteiger partial charge in [-0.05, 0) is 30.3 Å². The molecular formula is C21H21N3O3. The van der Waals surface area contributed by atoms with E-state index in [4.69, 9.17) is 9.47 Å². The van der Waals surface area contributed by atoms with Gasteiger partial charge in [-0.1, -0.05) is 18.2 Å². The SMILES string of the molecule is COc1ccc(OC)c(NC(=O)c2cncc(N(C)c3ccccc3)c2)c1. The second-order valence-corrected chi connectivity index (χ2v) is 5.85. The van der Waals surface area contributed by atoms with Crippen molar-refractivity contribution in [3.05, 3.63) is 72.6 Å². The average Bonchev–Trinajstić information content (AvgIpc) is 2.73. The van der Waals surface area contributed by atoms with Crippen LogP contribution in [0.1, 0.15) is 10.4 Å². The van der Waals surface area contributed by atoms with E-state index in [-0.39, 0.29) is 5.91 Å². The Hall–Kier alpha value is -3.54. The van der Waals surface area contributed by atoms with Crippen LogP contribution in [0.5, 0.6) is 11.5 Å². The standard InChI is InChI=1S/C21H21N3O3/c1-24(16-7-5-4-6-8-16)17-11-15(13-22-14-17)21(25)23-19-12-18(26-2)9-10-20(19)27-3/h4-14H,1-3H3,(H,23,25). The molecule has 27 heavy (non-hydrogen) atoms. The number of nitrogens with one attached hydrogen (secondary N) is 1. The summed E-state index contributed by atoms with van der Waals surface area (Å²) in [6.45, 7) is 0. The van der Waals surface area contributed by atoms with E-state index in [9.17, 15) is 4.79 Å². The third-order valence-electron chi connectivity index (χ3n) is 4.17. The van der Waals surface area contributed by atoms with Crippen molar-refractivity contribution in [1.82, 2.24) is 4.98 Å². The van der Waals surface area contributed by atoms with Crippen LogP contribution in [0.25, 0.3) is 0 Å². The number of anilines is 3. The van der Waals surface area contributed by atoms with Crippen LogP contribution < -0.4 is 19.7 Å². The largest absolute Gasteiger partial charge is 0.497 e. The molecule has 0 aliphatic heterocycles. The van der Waals surface area contributed by atoms with Crippen molar-refractivity contribution < 1.29 is 14.3 Å². The lowest BCUT2D eigenvalue weighted by molar-refractivity contribution is 0.102. The molecule has 1 heterocycles. The Morgan fingerprint density at radius 2 is 1.74 bits per heavy atom. The van der Waals surface area contributed by atoms with E-state index in [0.29, 0.717) is 22.7 Å². The normalized spacial score (nSPS) is 10.2. The number of ether oxygens (including phenoxy) is 2. The molecule has 0 fully saturated rings. The number of nitrogens with zero attached hydrogens (tertiary/aromatic N) is 2. The van der Waals surface area contributed by atoms with Gasteiger partial charge < -0.3 is 19.7 Å². The van der Waals surface area contributed by atoms with Crippen LogP contribution in [-0.2, 0) is 0 Å². The first kappa shape index (κ1) is 18.3. The number of rotatable bonds is 6. The van der Waals surface area contributed by atoms with E-state index < -0.39 is 0 Å². The molecular weight excluding hydrogens is 342 g/mol. The predicted octanol–water partition coefficient (Wildman–Crippen LogP) is 4.12. The summed E-state index contributed by atoms with van der Waals surface area (Å²) in [5.41, 5.74) is 2.79. The lowest BCUT2D eigenvalue weighted by Crippen LogP contribution is -2.15. The number of benzene rings is 2. The second kappa shape index (κ2) is 8.23. The van der Waals surface area contributed by atoms with Crippen LogP contribution >= 0.6 is 0 Å². The van der Waals surface area contributed by atoms with E-state index in [1.54, 1.807) is 44.7 Å². The lowest BCUT2D eigenvalue weighted by atomic mass is 10.2. The molecule has 1 aromatic heterocycles. The smallest absolute Gasteiger partial charge is 0.257 e. The Kier molecular flexibility index (Phi) is 5.56. The molecule has 0 saturated heterocycles. The maximum Gasteiger partial charge on any atom is 0.257 e. The third-order valence-corrected chi connectivity index (χ3v) is 4.17. The topological polar surface area (TPSA) is 63.7 Å². The summed E-state index contributed by atoms with van der Waals surface area (Å²) in [7, 11) is 5.05. The highest BCUT2D eigenvalue weighted by Gasteiger charge is 2.13. The quantitative estimate of drug-likeness (QED) is 0.714. The first-order chi connectivity index (χ1) is 13.1. The van der Waals surface area contributed by atoms with Gasteiger partial charge in [-0.2, -0.15) is 0 Å². The lowest BCUT2D eigenvalue weighted by Gasteiger charge is -2.19. The van der Waals surface area contributed by atoms with Gasteiger partial charge in [0.1, 0.15) is 11.5 Å². The summed E-state index contributed by atoms with van der Waals surface area (Å²) < 4.78 is 10.5. The van der Waals surface area contributed by atoms with Crippen LogP contribution in [0.15, 0.2) is 67.0 Å². The minimum absolute atomic E-state index is 0.280. The Morgan fingerprint density at radius 1 is 0.963 bits per heavy atom. The fraction of sp³-hybridized carbons (Fsp3) is 0.143. The van der Waals surface area contributed by atoms with Crippen molar-refractivity contribution >= 4 is 23.0 Å². The van der Waals surface area contributed by atoms with Crippen molar-refractivity contribution in [3.63, 3.8) is 0 Å². The van der Waals surface area contributed by atoms with Crippen molar-refractivity contribution in [3.8, 4) is 11.5 Å². The molecule has 138 valence electrons. The van der Waals surface area contributed by atoms with Gasteiger partial charge in [-0.15, -0.1) is 0 Å². The van der Waals surface area contributed by atoms with E-state index >= 15 is 0 Å². The highest BCUT2D eigenvalue weighted by molar-refractivity contribution is 6.05. The number of carbonyl (C=O) groups excluding carboxylic acids is 1. The number of pyridine rings is 1. The van der Waals surface area contributed by atoms with E-state index in [1.165, 1.54) is 6.20 Å². The van der Waals surface area contributed by atoms with E-state index in [0.717, 1.165) is 11.4 Å². The molecule has 0 spiro atoms. The Bertz CT molecular complexity index is 929. The van der Waals surface area contributed by atoms with E-state index in [2.05, 4.69) is 10.3 Å². The first-order valence-corrected chi connectivity index (χ1v) is 8.39. The fourth-order valence-electron chi connectivity index (χ4n) is 2.64. The minimum atomic E-state index is -0.280. The summed E-state index contributed by atoms with van der Waals surface area (Å²) in [4.78, 5) is 18.9. The number of aromatic nitrogens is 1. The third kappa shape index (κ3) is 4.17. The van der Waals surface area contributed by atoms with Gasteiger partial charge >= 0.3 is 0 Å². The molecule has 0 aliphatic rings. The number of amides is 1. The molecule has 0 atom stereocenters. The van der Waals surface area contributed by atoms with Gasteiger partial charge in [0.15, 0.2) is 0 Å². The molecule has 0 bridgehead atoms. The van der Waals surface area contributed by atoms with Gasteiger partial charge in [0.2, 0.25) is 0 Å². The number of hydrogen-bond donors (Lipinski definition) is 1. The highest BCUT2D eigenvalue weighted by atomic mass is 16.5. The Morgan fingerprint density at radius 3 is 2.44 bits per heavy atom. The van der Waals surface area contributed by atoms with Crippen LogP contribution in [0.3, 0.4) is 0 Å². The molecule has 0 saturated carbocycles. The van der Waals surface area contributed by atoms with E-state index in [1.807, 2.05) is 42.3 Å². The molecule has 6 heteroatoms.